The van der Waals surface area contributed by atoms with E-state index in [1.165, 1.54) is 0 Å². The van der Waals surface area contributed by atoms with Crippen LogP contribution in [0.2, 0.25) is 0 Å². The Bertz CT molecular complexity index is 354. The molecule has 4 heteroatoms. The Hall–Kier alpha value is -1.60. The summed E-state index contributed by atoms with van der Waals surface area (Å²) in [6.45, 7) is 2.94. The molecule has 0 aliphatic carbocycles. The molecule has 1 N–H and O–H groups in total. The molecule has 0 aliphatic heterocycles. The average Bonchev–Trinajstić information content (AvgIpc) is 2.26. The normalized spacial score (nSPS) is 12.2. The number of nitriles is 1. The largest absolute Gasteiger partial charge is 0.368 e. The van der Waals surface area contributed by atoms with Crippen LogP contribution in [0.15, 0.2) is 18.2 Å². The molecule has 4 nitrogen and oxygen atoms in total. The smallest absolute Gasteiger partial charge is 0.142 e. The second-order valence-corrected chi connectivity index (χ2v) is 3.71. The minimum atomic E-state index is 0.428. The molecule has 1 heterocycles. The Morgan fingerprint density at radius 2 is 2.27 bits per heavy atom. The predicted octanol–water partition coefficient (Wildman–Crippen LogP) is 1.32. The number of rotatable bonds is 4. The maximum absolute atomic E-state index is 8.68. The molecule has 1 atom stereocenters. The van der Waals surface area contributed by atoms with Gasteiger partial charge in [0.25, 0.3) is 0 Å². The van der Waals surface area contributed by atoms with Crippen molar-refractivity contribution in [3.63, 3.8) is 0 Å². The monoisotopic (exact) mass is 204 g/mol. The van der Waals surface area contributed by atoms with Crippen molar-refractivity contribution in [1.29, 1.82) is 5.26 Å². The number of hydrogen-bond donors (Lipinski definition) is 1. The van der Waals surface area contributed by atoms with Crippen LogP contribution in [-0.2, 0) is 0 Å². The quantitative estimate of drug-likeness (QED) is 0.803. The van der Waals surface area contributed by atoms with E-state index >= 15 is 0 Å². The van der Waals surface area contributed by atoms with Gasteiger partial charge in [0, 0.05) is 12.6 Å². The van der Waals surface area contributed by atoms with Gasteiger partial charge in [-0.3, -0.25) is 0 Å². The first-order valence-electron chi connectivity index (χ1n) is 4.91. The van der Waals surface area contributed by atoms with Crippen molar-refractivity contribution in [2.45, 2.75) is 13.0 Å². The fourth-order valence-corrected chi connectivity index (χ4v) is 1.03. The van der Waals surface area contributed by atoms with Crippen molar-refractivity contribution >= 4 is 5.82 Å². The van der Waals surface area contributed by atoms with Crippen LogP contribution < -0.4 is 5.32 Å². The number of nitrogens with one attached hydrogen (secondary N) is 1. The predicted molar refractivity (Wildman–Crippen MR) is 60.6 cm³/mol. The van der Waals surface area contributed by atoms with Gasteiger partial charge in [0.2, 0.25) is 0 Å². The van der Waals surface area contributed by atoms with Crippen molar-refractivity contribution in [2.24, 2.45) is 0 Å². The summed E-state index contributed by atoms with van der Waals surface area (Å²) in [5, 5.41) is 11.9. The number of hydrogen-bond acceptors (Lipinski definition) is 4. The van der Waals surface area contributed by atoms with Crippen LogP contribution in [0.5, 0.6) is 0 Å². The Balaban J connectivity index is 2.55. The molecule has 1 aromatic rings. The highest BCUT2D eigenvalue weighted by molar-refractivity contribution is 5.38. The van der Waals surface area contributed by atoms with Crippen LogP contribution in [0.3, 0.4) is 0 Å². The van der Waals surface area contributed by atoms with E-state index in [9.17, 15) is 0 Å². The highest BCUT2D eigenvalue weighted by atomic mass is 15.1. The highest BCUT2D eigenvalue weighted by Gasteiger charge is 2.04. The lowest BCUT2D eigenvalue weighted by atomic mass is 10.3. The van der Waals surface area contributed by atoms with E-state index in [1.807, 2.05) is 32.3 Å². The fourth-order valence-electron chi connectivity index (χ4n) is 1.03. The number of likely N-dealkylation sites (N-methyl/N-ethyl adjacent to an activating group) is 1. The van der Waals surface area contributed by atoms with Gasteiger partial charge in [0.05, 0.1) is 0 Å². The van der Waals surface area contributed by atoms with E-state index in [4.69, 9.17) is 5.26 Å². The van der Waals surface area contributed by atoms with Crippen LogP contribution >= 0.6 is 0 Å². The molecule has 1 unspecified atom stereocenters. The first-order chi connectivity index (χ1) is 7.13. The maximum atomic E-state index is 8.68. The SMILES string of the molecule is CC(CNc1cccc(C#N)n1)N(C)C. The van der Waals surface area contributed by atoms with Gasteiger partial charge < -0.3 is 10.2 Å². The van der Waals surface area contributed by atoms with Gasteiger partial charge in [0.1, 0.15) is 17.6 Å². The summed E-state index contributed by atoms with van der Waals surface area (Å²) in [7, 11) is 4.07. The summed E-state index contributed by atoms with van der Waals surface area (Å²) in [5.41, 5.74) is 0.442. The lowest BCUT2D eigenvalue weighted by molar-refractivity contribution is 0.326. The third-order valence-electron chi connectivity index (χ3n) is 2.32. The molecule has 1 rings (SSSR count). The van der Waals surface area contributed by atoms with Gasteiger partial charge in [-0.25, -0.2) is 4.98 Å². The number of pyridine rings is 1. The Kier molecular flexibility index (Phi) is 4.07. The van der Waals surface area contributed by atoms with Crippen LogP contribution in [0, 0.1) is 11.3 Å². The van der Waals surface area contributed by atoms with Gasteiger partial charge in [-0.2, -0.15) is 5.26 Å². The van der Waals surface area contributed by atoms with E-state index in [0.29, 0.717) is 11.7 Å². The van der Waals surface area contributed by atoms with Gasteiger partial charge in [-0.05, 0) is 33.2 Å². The number of anilines is 1. The first kappa shape index (κ1) is 11.5. The molecule has 0 aliphatic rings. The van der Waals surface area contributed by atoms with Crippen molar-refractivity contribution in [3.05, 3.63) is 23.9 Å². The number of nitrogens with zero attached hydrogens (tertiary/aromatic N) is 3. The summed E-state index contributed by atoms with van der Waals surface area (Å²) < 4.78 is 0. The molecular weight excluding hydrogens is 188 g/mol. The van der Waals surface area contributed by atoms with Gasteiger partial charge in [-0.1, -0.05) is 6.07 Å². The van der Waals surface area contributed by atoms with Gasteiger partial charge in [0.15, 0.2) is 0 Å². The van der Waals surface area contributed by atoms with Crippen molar-refractivity contribution in [1.82, 2.24) is 9.88 Å². The summed E-state index contributed by atoms with van der Waals surface area (Å²) >= 11 is 0. The third-order valence-corrected chi connectivity index (χ3v) is 2.32. The highest BCUT2D eigenvalue weighted by Crippen LogP contribution is 2.04. The van der Waals surface area contributed by atoms with Crippen molar-refractivity contribution < 1.29 is 0 Å². The summed E-state index contributed by atoms with van der Waals surface area (Å²) in [5.74, 6) is 0.753. The second-order valence-electron chi connectivity index (χ2n) is 3.71. The minimum Gasteiger partial charge on any atom is -0.368 e. The van der Waals surface area contributed by atoms with E-state index in [-0.39, 0.29) is 0 Å². The molecule has 1 aromatic heterocycles. The van der Waals surface area contributed by atoms with Gasteiger partial charge in [-0.15, -0.1) is 0 Å². The van der Waals surface area contributed by atoms with Gasteiger partial charge >= 0.3 is 0 Å². The standard InChI is InChI=1S/C11H16N4/c1-9(15(2)3)8-13-11-6-4-5-10(7-12)14-11/h4-6,9H,8H2,1-3H3,(H,13,14). The van der Waals surface area contributed by atoms with Crippen LogP contribution in [-0.4, -0.2) is 36.6 Å². The zero-order valence-corrected chi connectivity index (χ0v) is 9.36. The van der Waals surface area contributed by atoms with Crippen LogP contribution in [0.1, 0.15) is 12.6 Å². The molecule has 0 amide bonds. The van der Waals surface area contributed by atoms with E-state index in [0.717, 1.165) is 12.4 Å². The number of aromatic nitrogens is 1. The summed E-state index contributed by atoms with van der Waals surface area (Å²) in [6, 6.07) is 7.83. The van der Waals surface area contributed by atoms with E-state index in [1.54, 1.807) is 6.07 Å². The van der Waals surface area contributed by atoms with E-state index in [2.05, 4.69) is 22.1 Å². The van der Waals surface area contributed by atoms with Crippen molar-refractivity contribution in [2.75, 3.05) is 26.0 Å². The van der Waals surface area contributed by atoms with Crippen molar-refractivity contribution in [3.8, 4) is 6.07 Å². The second kappa shape index (κ2) is 5.32. The fraction of sp³-hybridized carbons (Fsp3) is 0.455. The minimum absolute atomic E-state index is 0.428. The van der Waals surface area contributed by atoms with E-state index < -0.39 is 0 Å². The average molecular weight is 204 g/mol. The Morgan fingerprint density at radius 3 is 2.87 bits per heavy atom. The lowest BCUT2D eigenvalue weighted by Gasteiger charge is -2.20. The first-order valence-corrected chi connectivity index (χ1v) is 4.91. The summed E-state index contributed by atoms with van der Waals surface area (Å²) in [4.78, 5) is 6.26. The topological polar surface area (TPSA) is 52.0 Å². The molecule has 0 saturated carbocycles. The van der Waals surface area contributed by atoms with Crippen LogP contribution in [0.25, 0.3) is 0 Å². The Morgan fingerprint density at radius 1 is 1.53 bits per heavy atom. The molecule has 15 heavy (non-hydrogen) atoms. The molecule has 80 valence electrons. The maximum Gasteiger partial charge on any atom is 0.142 e. The molecule has 0 aromatic carbocycles. The zero-order valence-electron chi connectivity index (χ0n) is 9.36. The third kappa shape index (κ3) is 3.56. The molecule has 0 spiro atoms. The van der Waals surface area contributed by atoms with Crippen LogP contribution in [0.4, 0.5) is 5.82 Å². The molecule has 0 bridgehead atoms. The molecular formula is C11H16N4. The molecule has 0 saturated heterocycles. The Labute approximate surface area is 90.5 Å². The zero-order chi connectivity index (χ0) is 11.3. The molecule has 0 radical (unpaired) electrons. The molecule has 0 fully saturated rings. The lowest BCUT2D eigenvalue weighted by Crippen LogP contribution is -2.31. The summed E-state index contributed by atoms with van der Waals surface area (Å²) in [6.07, 6.45) is 0.